The largest absolute Gasteiger partial charge is 0.493 e. The lowest BCUT2D eigenvalue weighted by molar-refractivity contribution is -0.116. The zero-order chi connectivity index (χ0) is 23.3. The Bertz CT molecular complexity index is 1000. The maximum atomic E-state index is 12.7. The summed E-state index contributed by atoms with van der Waals surface area (Å²) in [6.45, 7) is 2.02. The van der Waals surface area contributed by atoms with Crippen LogP contribution < -0.4 is 29.0 Å². The van der Waals surface area contributed by atoms with E-state index in [-0.39, 0.29) is 18.1 Å². The minimum atomic E-state index is -0.227. The Balaban J connectivity index is 1.48. The van der Waals surface area contributed by atoms with Gasteiger partial charge in [0, 0.05) is 31.2 Å². The minimum absolute atomic E-state index is 0.185. The summed E-state index contributed by atoms with van der Waals surface area (Å²) in [6.07, 6.45) is 4.84. The first-order valence-corrected chi connectivity index (χ1v) is 10.8. The Morgan fingerprint density at radius 1 is 1.00 bits per heavy atom. The van der Waals surface area contributed by atoms with Gasteiger partial charge in [-0.1, -0.05) is 6.07 Å². The molecule has 1 N–H and O–H groups in total. The molecule has 0 unspecified atom stereocenters. The van der Waals surface area contributed by atoms with Gasteiger partial charge in [0.15, 0.2) is 23.0 Å². The van der Waals surface area contributed by atoms with E-state index >= 15 is 0 Å². The highest BCUT2D eigenvalue weighted by molar-refractivity contribution is 5.92. The highest BCUT2D eigenvalue weighted by atomic mass is 16.7. The van der Waals surface area contributed by atoms with Crippen molar-refractivity contribution in [3.05, 3.63) is 47.5 Å². The highest BCUT2D eigenvalue weighted by Crippen LogP contribution is 2.41. The van der Waals surface area contributed by atoms with E-state index in [2.05, 4.69) is 11.4 Å². The fourth-order valence-electron chi connectivity index (χ4n) is 4.24. The van der Waals surface area contributed by atoms with Gasteiger partial charge in [-0.3, -0.25) is 4.79 Å². The molecule has 8 heteroatoms. The molecule has 0 radical (unpaired) electrons. The molecule has 0 bridgehead atoms. The quantitative estimate of drug-likeness (QED) is 0.612. The van der Waals surface area contributed by atoms with Crippen molar-refractivity contribution >= 4 is 12.0 Å². The van der Waals surface area contributed by atoms with Crippen LogP contribution in [-0.4, -0.2) is 53.8 Å². The van der Waals surface area contributed by atoms with Crippen molar-refractivity contribution in [2.45, 2.75) is 18.3 Å². The maximum absolute atomic E-state index is 12.7. The Morgan fingerprint density at radius 2 is 1.70 bits per heavy atom. The molecule has 2 aromatic rings. The summed E-state index contributed by atoms with van der Waals surface area (Å²) in [5.41, 5.74) is 1.65. The third-order valence-corrected chi connectivity index (χ3v) is 6.15. The van der Waals surface area contributed by atoms with Gasteiger partial charge in [-0.2, -0.15) is 0 Å². The number of hydrogen-bond acceptors (Lipinski definition) is 7. The van der Waals surface area contributed by atoms with E-state index in [0.29, 0.717) is 37.0 Å². The molecule has 1 fully saturated rings. The lowest BCUT2D eigenvalue weighted by Gasteiger charge is -2.38. The van der Waals surface area contributed by atoms with E-state index in [9.17, 15) is 4.79 Å². The molecule has 0 spiro atoms. The predicted molar refractivity (Wildman–Crippen MR) is 122 cm³/mol. The second-order valence-electron chi connectivity index (χ2n) is 7.97. The first-order valence-electron chi connectivity index (χ1n) is 10.8. The molecular formula is C25H29NO7. The summed E-state index contributed by atoms with van der Waals surface area (Å²) in [7, 11) is 4.66. The SMILES string of the molecule is COc1cc(/C=C/C(=O)NCC2(c3ccc4c(c3)OCO4)CCOCC2)cc(OC)c1OC. The van der Waals surface area contributed by atoms with Crippen LogP contribution in [-0.2, 0) is 14.9 Å². The number of carbonyl (C=O) groups excluding carboxylic acids is 1. The molecule has 0 aromatic heterocycles. The smallest absolute Gasteiger partial charge is 0.244 e. The van der Waals surface area contributed by atoms with Crippen LogP contribution in [0.3, 0.4) is 0 Å². The van der Waals surface area contributed by atoms with Gasteiger partial charge in [-0.15, -0.1) is 0 Å². The molecule has 176 valence electrons. The number of rotatable bonds is 8. The van der Waals surface area contributed by atoms with E-state index in [4.69, 9.17) is 28.4 Å². The summed E-state index contributed by atoms with van der Waals surface area (Å²) in [5.74, 6) is 2.87. The zero-order valence-electron chi connectivity index (χ0n) is 19.1. The Labute approximate surface area is 193 Å². The van der Waals surface area contributed by atoms with E-state index in [1.54, 1.807) is 39.5 Å². The Hall–Kier alpha value is -3.39. The fraction of sp³-hybridized carbons (Fsp3) is 0.400. The summed E-state index contributed by atoms with van der Waals surface area (Å²) in [6, 6.07) is 9.58. The monoisotopic (exact) mass is 455 g/mol. The van der Waals surface area contributed by atoms with Gasteiger partial charge in [-0.25, -0.2) is 0 Å². The Kier molecular flexibility index (Phi) is 6.93. The van der Waals surface area contributed by atoms with Crippen LogP contribution in [0.4, 0.5) is 0 Å². The van der Waals surface area contributed by atoms with Crippen LogP contribution in [0.5, 0.6) is 28.7 Å². The second kappa shape index (κ2) is 10.0. The maximum Gasteiger partial charge on any atom is 0.244 e. The normalized spacial score (nSPS) is 16.5. The number of ether oxygens (including phenoxy) is 6. The third-order valence-electron chi connectivity index (χ3n) is 6.15. The van der Waals surface area contributed by atoms with Crippen LogP contribution in [0.1, 0.15) is 24.0 Å². The number of fused-ring (bicyclic) bond motifs is 1. The average Bonchev–Trinajstić information content (AvgIpc) is 3.34. The van der Waals surface area contributed by atoms with E-state index in [1.165, 1.54) is 6.08 Å². The van der Waals surface area contributed by atoms with Crippen molar-refractivity contribution in [3.63, 3.8) is 0 Å². The molecule has 0 saturated carbocycles. The number of carbonyl (C=O) groups is 1. The van der Waals surface area contributed by atoms with E-state index in [0.717, 1.165) is 35.5 Å². The van der Waals surface area contributed by atoms with Crippen molar-refractivity contribution in [2.24, 2.45) is 0 Å². The Morgan fingerprint density at radius 3 is 2.36 bits per heavy atom. The summed E-state index contributed by atoms with van der Waals surface area (Å²) in [5, 5.41) is 3.07. The van der Waals surface area contributed by atoms with Crippen LogP contribution >= 0.6 is 0 Å². The number of benzene rings is 2. The fourth-order valence-corrected chi connectivity index (χ4v) is 4.24. The van der Waals surface area contributed by atoms with Gasteiger partial charge in [0.1, 0.15) is 0 Å². The van der Waals surface area contributed by atoms with Crippen LogP contribution in [0, 0.1) is 0 Å². The van der Waals surface area contributed by atoms with Crippen LogP contribution in [0.15, 0.2) is 36.4 Å². The molecule has 1 saturated heterocycles. The van der Waals surface area contributed by atoms with Crippen LogP contribution in [0.2, 0.25) is 0 Å². The first kappa shape index (κ1) is 22.8. The zero-order valence-corrected chi connectivity index (χ0v) is 19.1. The topological polar surface area (TPSA) is 84.5 Å². The van der Waals surface area contributed by atoms with Gasteiger partial charge < -0.3 is 33.7 Å². The van der Waals surface area contributed by atoms with Gasteiger partial charge >= 0.3 is 0 Å². The van der Waals surface area contributed by atoms with Crippen molar-refractivity contribution in [3.8, 4) is 28.7 Å². The van der Waals surface area contributed by atoms with E-state index < -0.39 is 0 Å². The molecule has 0 aliphatic carbocycles. The van der Waals surface area contributed by atoms with Crippen molar-refractivity contribution in [1.82, 2.24) is 5.32 Å². The predicted octanol–water partition coefficient (Wildman–Crippen LogP) is 3.32. The van der Waals surface area contributed by atoms with Crippen molar-refractivity contribution < 1.29 is 33.2 Å². The van der Waals surface area contributed by atoms with Crippen LogP contribution in [0.25, 0.3) is 6.08 Å². The molecular weight excluding hydrogens is 426 g/mol. The lowest BCUT2D eigenvalue weighted by Crippen LogP contribution is -2.44. The third kappa shape index (κ3) is 4.85. The molecule has 4 rings (SSSR count). The summed E-state index contributed by atoms with van der Waals surface area (Å²) >= 11 is 0. The molecule has 8 nitrogen and oxygen atoms in total. The molecule has 2 aliphatic rings. The van der Waals surface area contributed by atoms with Gasteiger partial charge in [0.2, 0.25) is 18.4 Å². The van der Waals surface area contributed by atoms with Crippen molar-refractivity contribution in [1.29, 1.82) is 0 Å². The molecule has 2 aliphatic heterocycles. The number of methoxy groups -OCH3 is 3. The molecule has 2 heterocycles. The molecule has 0 atom stereocenters. The molecule has 2 aromatic carbocycles. The standard InChI is InChI=1S/C25H29NO7/c1-28-21-12-17(13-22(29-2)24(21)30-3)4-7-23(27)26-15-25(8-10-31-11-9-25)18-5-6-19-20(14-18)33-16-32-19/h4-7,12-14H,8-11,15-16H2,1-3H3,(H,26,27)/b7-4+. The minimum Gasteiger partial charge on any atom is -0.493 e. The first-order chi connectivity index (χ1) is 16.1. The van der Waals surface area contributed by atoms with Gasteiger partial charge in [0.05, 0.1) is 21.3 Å². The summed E-state index contributed by atoms with van der Waals surface area (Å²) in [4.78, 5) is 12.7. The second-order valence-corrected chi connectivity index (χ2v) is 7.97. The number of nitrogens with one attached hydrogen (secondary N) is 1. The number of hydrogen-bond donors (Lipinski definition) is 1. The summed E-state index contributed by atoms with van der Waals surface area (Å²) < 4.78 is 32.7. The van der Waals surface area contributed by atoms with Crippen molar-refractivity contribution in [2.75, 3.05) is 47.9 Å². The average molecular weight is 456 g/mol. The van der Waals surface area contributed by atoms with Gasteiger partial charge in [0.25, 0.3) is 0 Å². The molecule has 33 heavy (non-hydrogen) atoms. The number of amides is 1. The lowest BCUT2D eigenvalue weighted by atomic mass is 9.74. The van der Waals surface area contributed by atoms with E-state index in [1.807, 2.05) is 12.1 Å². The highest BCUT2D eigenvalue weighted by Gasteiger charge is 2.36. The van der Waals surface area contributed by atoms with Gasteiger partial charge in [-0.05, 0) is 54.3 Å². The molecule has 1 amide bonds.